The molecule has 0 amide bonds. The molecule has 154 valence electrons. The van der Waals surface area contributed by atoms with Crippen molar-refractivity contribution in [2.75, 3.05) is 4.72 Å². The fourth-order valence-corrected chi connectivity index (χ4v) is 4.25. The summed E-state index contributed by atoms with van der Waals surface area (Å²) >= 11 is 0. The topological polar surface area (TPSA) is 85.2 Å². The number of rotatable bonds is 5. The van der Waals surface area contributed by atoms with Crippen LogP contribution in [0.15, 0.2) is 76.7 Å². The fraction of sp³-hybridized carbons (Fsp3) is 0.0588. The molecule has 0 unspecified atom stereocenters. The zero-order valence-corrected chi connectivity index (χ0v) is 15.9. The highest BCUT2D eigenvalue weighted by molar-refractivity contribution is 7.93. The zero-order valence-electron chi connectivity index (χ0n) is 14.3. The fourth-order valence-electron chi connectivity index (χ4n) is 2.41. The number of nitrogens with zero attached hydrogens (tertiary/aromatic N) is 1. The molecule has 3 rings (SSSR count). The van der Waals surface area contributed by atoms with E-state index in [4.69, 9.17) is 0 Å². The smallest absolute Gasteiger partial charge is 0.302 e. The highest BCUT2D eigenvalue weighted by atomic mass is 32.2. The van der Waals surface area contributed by atoms with Gasteiger partial charge in [-0.3, -0.25) is 4.72 Å². The van der Waals surface area contributed by atoms with Gasteiger partial charge in [0, 0.05) is 18.0 Å². The summed E-state index contributed by atoms with van der Waals surface area (Å²) in [5.41, 5.74) is -5.54. The maximum atomic E-state index is 13.2. The number of hydrogen-bond donors (Lipinski definition) is 1. The Kier molecular flexibility index (Phi) is 5.17. The van der Waals surface area contributed by atoms with E-state index in [1.54, 1.807) is 6.07 Å². The molecular formula is C17H12F4N2O4S2. The van der Waals surface area contributed by atoms with E-state index in [0.717, 1.165) is 28.8 Å². The highest BCUT2D eigenvalue weighted by Crippen LogP contribution is 2.34. The number of sulfone groups is 1. The molecule has 0 saturated carbocycles. The van der Waals surface area contributed by atoms with Crippen LogP contribution in [0.1, 0.15) is 0 Å². The summed E-state index contributed by atoms with van der Waals surface area (Å²) < 4.78 is 104. The number of alkyl halides is 3. The van der Waals surface area contributed by atoms with Crippen LogP contribution in [-0.2, 0) is 19.9 Å². The zero-order chi connectivity index (χ0) is 21.4. The van der Waals surface area contributed by atoms with Crippen molar-refractivity contribution in [3.05, 3.63) is 72.7 Å². The number of aromatic nitrogens is 1. The van der Waals surface area contributed by atoms with Crippen LogP contribution in [0.3, 0.4) is 0 Å². The van der Waals surface area contributed by atoms with Crippen molar-refractivity contribution in [1.82, 2.24) is 4.57 Å². The molecule has 0 aliphatic heterocycles. The Morgan fingerprint density at radius 2 is 1.41 bits per heavy atom. The molecule has 0 fully saturated rings. The lowest BCUT2D eigenvalue weighted by atomic mass is 10.3. The molecule has 1 aromatic heterocycles. The third kappa shape index (κ3) is 4.12. The van der Waals surface area contributed by atoms with E-state index in [1.807, 2.05) is 0 Å². The van der Waals surface area contributed by atoms with Crippen molar-refractivity contribution in [3.8, 4) is 5.69 Å². The molecule has 0 aliphatic carbocycles. The Bertz CT molecular complexity index is 1230. The largest absolute Gasteiger partial charge is 0.501 e. The summed E-state index contributed by atoms with van der Waals surface area (Å²) in [5.74, 6) is -1.11. The Balaban J connectivity index is 2.16. The van der Waals surface area contributed by atoms with Gasteiger partial charge in [-0.15, -0.1) is 0 Å². The Morgan fingerprint density at radius 3 is 1.97 bits per heavy atom. The van der Waals surface area contributed by atoms with Crippen molar-refractivity contribution >= 4 is 25.7 Å². The first-order valence-corrected chi connectivity index (χ1v) is 10.8. The lowest BCUT2D eigenvalue weighted by Gasteiger charge is -2.12. The molecule has 12 heteroatoms. The SMILES string of the molecule is O=S(=O)(Nc1cc(S(=O)(=O)C(F)(F)F)cn1-c1ccc(F)cc1)c1ccccc1. The van der Waals surface area contributed by atoms with Crippen molar-refractivity contribution < 1.29 is 34.4 Å². The van der Waals surface area contributed by atoms with Gasteiger partial charge in [0.15, 0.2) is 0 Å². The van der Waals surface area contributed by atoms with Gasteiger partial charge >= 0.3 is 5.51 Å². The molecule has 29 heavy (non-hydrogen) atoms. The molecule has 2 aromatic carbocycles. The number of benzene rings is 2. The van der Waals surface area contributed by atoms with E-state index in [0.29, 0.717) is 12.3 Å². The van der Waals surface area contributed by atoms with Crippen LogP contribution in [0.25, 0.3) is 5.69 Å². The lowest BCUT2D eigenvalue weighted by Crippen LogP contribution is -2.22. The van der Waals surface area contributed by atoms with Crippen molar-refractivity contribution in [3.63, 3.8) is 0 Å². The number of nitrogens with one attached hydrogen (secondary N) is 1. The quantitative estimate of drug-likeness (QED) is 0.603. The molecule has 0 saturated heterocycles. The number of hydrogen-bond acceptors (Lipinski definition) is 4. The van der Waals surface area contributed by atoms with Gasteiger partial charge in [-0.1, -0.05) is 18.2 Å². The number of halogens is 4. The monoisotopic (exact) mass is 448 g/mol. The molecular weight excluding hydrogens is 436 g/mol. The predicted molar refractivity (Wildman–Crippen MR) is 96.2 cm³/mol. The third-order valence-electron chi connectivity index (χ3n) is 3.81. The summed E-state index contributed by atoms with van der Waals surface area (Å²) in [6.45, 7) is 0. The molecule has 0 atom stereocenters. The van der Waals surface area contributed by atoms with Gasteiger partial charge in [-0.25, -0.2) is 21.2 Å². The first-order chi connectivity index (χ1) is 13.4. The molecule has 6 nitrogen and oxygen atoms in total. The van der Waals surface area contributed by atoms with Crippen LogP contribution in [0, 0.1) is 5.82 Å². The van der Waals surface area contributed by atoms with Gasteiger partial charge in [0.2, 0.25) is 0 Å². The van der Waals surface area contributed by atoms with Gasteiger partial charge in [0.1, 0.15) is 11.6 Å². The first kappa shape index (κ1) is 20.9. The van der Waals surface area contributed by atoms with Crippen LogP contribution in [0.4, 0.5) is 23.4 Å². The lowest BCUT2D eigenvalue weighted by molar-refractivity contribution is -0.0436. The summed E-state index contributed by atoms with van der Waals surface area (Å²) in [7, 11) is -9.98. The van der Waals surface area contributed by atoms with Gasteiger partial charge in [-0.05, 0) is 36.4 Å². The average molecular weight is 448 g/mol. The van der Waals surface area contributed by atoms with Crippen molar-refractivity contribution in [2.45, 2.75) is 15.3 Å². The first-order valence-electron chi connectivity index (χ1n) is 7.79. The van der Waals surface area contributed by atoms with Crippen LogP contribution in [0.2, 0.25) is 0 Å². The van der Waals surface area contributed by atoms with Crippen molar-refractivity contribution in [1.29, 1.82) is 0 Å². The molecule has 3 aromatic rings. The van der Waals surface area contributed by atoms with Gasteiger partial charge in [0.05, 0.1) is 9.79 Å². The Morgan fingerprint density at radius 1 is 0.828 bits per heavy atom. The normalized spacial score (nSPS) is 12.7. The van der Waals surface area contributed by atoms with Gasteiger partial charge in [0.25, 0.3) is 19.9 Å². The molecule has 1 heterocycles. The molecule has 0 spiro atoms. The maximum absolute atomic E-state index is 13.2. The second-order valence-electron chi connectivity index (χ2n) is 5.78. The van der Waals surface area contributed by atoms with Gasteiger partial charge < -0.3 is 4.57 Å². The van der Waals surface area contributed by atoms with Crippen LogP contribution in [-0.4, -0.2) is 26.9 Å². The second-order valence-corrected chi connectivity index (χ2v) is 9.40. The Labute approximate surface area is 163 Å². The molecule has 0 bridgehead atoms. The van der Waals surface area contributed by atoms with Crippen LogP contribution >= 0.6 is 0 Å². The predicted octanol–water partition coefficient (Wildman–Crippen LogP) is 3.71. The Hall–Kier alpha value is -2.86. The minimum absolute atomic E-state index is 0.0424. The van der Waals surface area contributed by atoms with E-state index in [-0.39, 0.29) is 10.6 Å². The summed E-state index contributed by atoms with van der Waals surface area (Å²) in [6, 6.07) is 11.8. The molecule has 0 aliphatic rings. The van der Waals surface area contributed by atoms with E-state index < -0.39 is 41.9 Å². The highest BCUT2D eigenvalue weighted by Gasteiger charge is 2.47. The summed E-state index contributed by atoms with van der Waals surface area (Å²) in [5, 5.41) is 0. The summed E-state index contributed by atoms with van der Waals surface area (Å²) in [6.07, 6.45) is 0.610. The van der Waals surface area contributed by atoms with Crippen LogP contribution in [0.5, 0.6) is 0 Å². The minimum atomic E-state index is -5.74. The average Bonchev–Trinajstić information content (AvgIpc) is 3.06. The van der Waals surface area contributed by atoms with Gasteiger partial charge in [-0.2, -0.15) is 13.2 Å². The standard InChI is InChI=1S/C17H12F4N2O4S2/c18-12-6-8-13(9-7-12)23-11-15(28(24,25)17(19,20)21)10-16(23)22-29(26,27)14-4-2-1-3-5-14/h1-11,22H. The summed E-state index contributed by atoms with van der Waals surface area (Å²) in [4.78, 5) is -1.35. The van der Waals surface area contributed by atoms with E-state index in [2.05, 4.69) is 4.72 Å². The maximum Gasteiger partial charge on any atom is 0.501 e. The molecule has 0 radical (unpaired) electrons. The number of anilines is 1. The van der Waals surface area contributed by atoms with Crippen LogP contribution < -0.4 is 4.72 Å². The minimum Gasteiger partial charge on any atom is -0.302 e. The van der Waals surface area contributed by atoms with E-state index in [9.17, 15) is 34.4 Å². The molecule has 1 N–H and O–H groups in total. The van der Waals surface area contributed by atoms with E-state index >= 15 is 0 Å². The third-order valence-corrected chi connectivity index (χ3v) is 6.63. The van der Waals surface area contributed by atoms with E-state index in [1.165, 1.54) is 24.3 Å². The van der Waals surface area contributed by atoms with Crippen molar-refractivity contribution in [2.24, 2.45) is 0 Å². The number of sulfonamides is 1. The second kappa shape index (κ2) is 7.19.